The average molecular weight is 461 g/mol. The molecule has 0 aliphatic carbocycles. The summed E-state index contributed by atoms with van der Waals surface area (Å²) < 4.78 is 27.7. The zero-order valence-electron chi connectivity index (χ0n) is 16.3. The van der Waals surface area contributed by atoms with Crippen molar-refractivity contribution in [1.82, 2.24) is 0 Å². The second-order valence-electron chi connectivity index (χ2n) is 6.28. The van der Waals surface area contributed by atoms with Crippen LogP contribution in [0.5, 0.6) is 0 Å². The highest BCUT2D eigenvalue weighted by Crippen LogP contribution is 2.28. The van der Waals surface area contributed by atoms with Gasteiger partial charge >= 0.3 is 0 Å². The van der Waals surface area contributed by atoms with Crippen LogP contribution >= 0.6 is 23.4 Å². The Labute approximate surface area is 186 Å². The molecule has 156 valence electrons. The van der Waals surface area contributed by atoms with Gasteiger partial charge in [0.05, 0.1) is 16.3 Å². The number of nitrogens with one attached hydrogen (secondary N) is 1. The normalized spacial score (nSPS) is 11.1. The van der Waals surface area contributed by atoms with Gasteiger partial charge in [0.1, 0.15) is 6.54 Å². The van der Waals surface area contributed by atoms with Gasteiger partial charge in [0.25, 0.3) is 10.0 Å². The van der Waals surface area contributed by atoms with Gasteiger partial charge in [-0.25, -0.2) is 8.42 Å². The van der Waals surface area contributed by atoms with E-state index < -0.39 is 15.9 Å². The highest BCUT2D eigenvalue weighted by Gasteiger charge is 2.27. The van der Waals surface area contributed by atoms with E-state index >= 15 is 0 Å². The number of anilines is 2. The Bertz CT molecular complexity index is 1120. The molecule has 3 aromatic rings. The molecule has 5 nitrogen and oxygen atoms in total. The third-order valence-corrected chi connectivity index (χ3v) is 7.15. The first-order valence-corrected chi connectivity index (χ1v) is 12.1. The van der Waals surface area contributed by atoms with Crippen LogP contribution in [0.3, 0.4) is 0 Å². The summed E-state index contributed by atoms with van der Waals surface area (Å²) in [6, 6.07) is 21.9. The summed E-state index contributed by atoms with van der Waals surface area (Å²) in [4.78, 5) is 13.9. The Morgan fingerprint density at radius 2 is 1.70 bits per heavy atom. The second-order valence-corrected chi connectivity index (χ2v) is 9.89. The number of benzene rings is 3. The summed E-state index contributed by atoms with van der Waals surface area (Å²) in [5, 5.41) is 3.22. The lowest BCUT2D eigenvalue weighted by atomic mass is 10.3. The lowest BCUT2D eigenvalue weighted by molar-refractivity contribution is -0.114. The lowest BCUT2D eigenvalue weighted by Crippen LogP contribution is -2.38. The molecule has 1 N–H and O–H groups in total. The molecular formula is C22H21ClN2O3S2. The minimum Gasteiger partial charge on any atom is -0.323 e. The molecule has 0 atom stereocenters. The van der Waals surface area contributed by atoms with Crippen LogP contribution in [0.25, 0.3) is 0 Å². The van der Waals surface area contributed by atoms with Crippen molar-refractivity contribution in [3.8, 4) is 0 Å². The standard InChI is InChI=1S/C22H21ClN2O3S2/c1-2-29-21-14-7-6-13-20(21)24-22(26)16-25(18-10-8-9-17(23)15-18)30(27,28)19-11-4-3-5-12-19/h3-15H,2,16H2,1H3,(H,24,26). The van der Waals surface area contributed by atoms with E-state index in [1.165, 1.54) is 18.2 Å². The maximum atomic E-state index is 13.3. The number of hydrogen-bond donors (Lipinski definition) is 1. The predicted molar refractivity (Wildman–Crippen MR) is 124 cm³/mol. The molecule has 3 rings (SSSR count). The van der Waals surface area contributed by atoms with Crippen LogP contribution in [0, 0.1) is 0 Å². The Balaban J connectivity index is 1.93. The fraction of sp³-hybridized carbons (Fsp3) is 0.136. The van der Waals surface area contributed by atoms with Gasteiger partial charge in [-0.3, -0.25) is 9.10 Å². The molecule has 0 unspecified atom stereocenters. The second kappa shape index (κ2) is 10.0. The van der Waals surface area contributed by atoms with Crippen molar-refractivity contribution in [1.29, 1.82) is 0 Å². The summed E-state index contributed by atoms with van der Waals surface area (Å²) >= 11 is 7.68. The van der Waals surface area contributed by atoms with Crippen molar-refractivity contribution in [3.63, 3.8) is 0 Å². The third-order valence-electron chi connectivity index (χ3n) is 4.18. The monoisotopic (exact) mass is 460 g/mol. The Hall–Kier alpha value is -2.48. The van der Waals surface area contributed by atoms with Gasteiger partial charge in [-0.15, -0.1) is 11.8 Å². The molecule has 0 aliphatic rings. The number of carbonyl (C=O) groups excluding carboxylic acids is 1. The number of amides is 1. The highest BCUT2D eigenvalue weighted by atomic mass is 35.5. The SMILES string of the molecule is CCSc1ccccc1NC(=O)CN(c1cccc(Cl)c1)S(=O)(=O)c1ccccc1. The molecule has 0 aliphatic heterocycles. The number of thioether (sulfide) groups is 1. The number of halogens is 1. The minimum atomic E-state index is -3.97. The summed E-state index contributed by atoms with van der Waals surface area (Å²) in [7, 11) is -3.97. The average Bonchev–Trinajstić information content (AvgIpc) is 2.74. The molecule has 0 saturated heterocycles. The first-order chi connectivity index (χ1) is 14.4. The number of nitrogens with zero attached hydrogens (tertiary/aromatic N) is 1. The van der Waals surface area contributed by atoms with E-state index in [0.717, 1.165) is 15.0 Å². The topological polar surface area (TPSA) is 66.5 Å². The fourth-order valence-corrected chi connectivity index (χ4v) is 5.22. The van der Waals surface area contributed by atoms with Gasteiger partial charge in [-0.2, -0.15) is 0 Å². The van der Waals surface area contributed by atoms with E-state index in [1.807, 2.05) is 25.1 Å². The van der Waals surface area contributed by atoms with Crippen molar-refractivity contribution in [2.45, 2.75) is 16.7 Å². The molecule has 0 spiro atoms. The van der Waals surface area contributed by atoms with E-state index in [9.17, 15) is 13.2 Å². The number of rotatable bonds is 8. The van der Waals surface area contributed by atoms with E-state index in [1.54, 1.807) is 54.2 Å². The largest absolute Gasteiger partial charge is 0.323 e. The first-order valence-electron chi connectivity index (χ1n) is 9.27. The Morgan fingerprint density at radius 3 is 2.40 bits per heavy atom. The van der Waals surface area contributed by atoms with Crippen LogP contribution in [0.2, 0.25) is 5.02 Å². The van der Waals surface area contributed by atoms with E-state index in [2.05, 4.69) is 5.32 Å². The first kappa shape index (κ1) is 22.2. The van der Waals surface area contributed by atoms with Gasteiger partial charge < -0.3 is 5.32 Å². The van der Waals surface area contributed by atoms with E-state index in [4.69, 9.17) is 11.6 Å². The maximum absolute atomic E-state index is 13.3. The van der Waals surface area contributed by atoms with Crippen molar-refractivity contribution >= 4 is 50.7 Å². The van der Waals surface area contributed by atoms with Crippen molar-refractivity contribution in [2.75, 3.05) is 21.9 Å². The summed E-state index contributed by atoms with van der Waals surface area (Å²) in [5.41, 5.74) is 0.968. The molecule has 8 heteroatoms. The molecule has 0 fully saturated rings. The summed E-state index contributed by atoms with van der Waals surface area (Å²) in [6.07, 6.45) is 0. The molecule has 0 saturated carbocycles. The van der Waals surface area contributed by atoms with Crippen LogP contribution in [-0.2, 0) is 14.8 Å². The van der Waals surface area contributed by atoms with Gasteiger partial charge in [0.15, 0.2) is 0 Å². The number of carbonyl (C=O) groups is 1. The minimum absolute atomic E-state index is 0.0970. The van der Waals surface area contributed by atoms with Gasteiger partial charge in [-0.05, 0) is 48.2 Å². The smallest absolute Gasteiger partial charge is 0.264 e. The predicted octanol–water partition coefficient (Wildman–Crippen LogP) is 5.29. The maximum Gasteiger partial charge on any atom is 0.264 e. The number of sulfonamides is 1. The molecule has 0 heterocycles. The lowest BCUT2D eigenvalue weighted by Gasteiger charge is -2.24. The molecule has 0 aromatic heterocycles. The van der Waals surface area contributed by atoms with Crippen molar-refractivity contribution < 1.29 is 13.2 Å². The summed E-state index contributed by atoms with van der Waals surface area (Å²) in [6.45, 7) is 1.64. The molecule has 30 heavy (non-hydrogen) atoms. The quantitative estimate of drug-likeness (QED) is 0.464. The van der Waals surface area contributed by atoms with Gasteiger partial charge in [0, 0.05) is 9.92 Å². The molecule has 3 aromatic carbocycles. The Kier molecular flexibility index (Phi) is 7.42. The van der Waals surface area contributed by atoms with Crippen molar-refractivity contribution in [2.24, 2.45) is 0 Å². The van der Waals surface area contributed by atoms with Crippen LogP contribution in [0.1, 0.15) is 6.92 Å². The number of para-hydroxylation sites is 1. The van der Waals surface area contributed by atoms with Crippen LogP contribution in [0.15, 0.2) is 88.7 Å². The van der Waals surface area contributed by atoms with Crippen LogP contribution in [-0.4, -0.2) is 26.6 Å². The molecule has 0 radical (unpaired) electrons. The molecule has 0 bridgehead atoms. The van der Waals surface area contributed by atoms with Gasteiger partial charge in [0.2, 0.25) is 5.91 Å². The summed E-state index contributed by atoms with van der Waals surface area (Å²) in [5.74, 6) is 0.405. The molecular weight excluding hydrogens is 440 g/mol. The zero-order valence-corrected chi connectivity index (χ0v) is 18.7. The van der Waals surface area contributed by atoms with Crippen molar-refractivity contribution in [3.05, 3.63) is 83.9 Å². The van der Waals surface area contributed by atoms with Crippen LogP contribution < -0.4 is 9.62 Å². The Morgan fingerprint density at radius 1 is 1.00 bits per heavy atom. The fourth-order valence-electron chi connectivity index (χ4n) is 2.84. The zero-order chi connectivity index (χ0) is 21.6. The number of hydrogen-bond acceptors (Lipinski definition) is 4. The van der Waals surface area contributed by atoms with E-state index in [-0.39, 0.29) is 11.4 Å². The molecule has 1 amide bonds. The third kappa shape index (κ3) is 5.36. The highest BCUT2D eigenvalue weighted by molar-refractivity contribution is 7.99. The van der Waals surface area contributed by atoms with E-state index in [0.29, 0.717) is 16.4 Å². The van der Waals surface area contributed by atoms with Gasteiger partial charge in [-0.1, -0.05) is 54.9 Å². The van der Waals surface area contributed by atoms with Crippen LogP contribution in [0.4, 0.5) is 11.4 Å².